The van der Waals surface area contributed by atoms with Crippen LogP contribution in [0, 0.1) is 0 Å². The van der Waals surface area contributed by atoms with Gasteiger partial charge in [0.15, 0.2) is 0 Å². The average molecular weight is 455 g/mol. The highest BCUT2D eigenvalue weighted by Gasteiger charge is 2.20. The number of benzene rings is 3. The molecule has 0 atom stereocenters. The molecule has 0 aliphatic carbocycles. The van der Waals surface area contributed by atoms with E-state index in [2.05, 4.69) is 19.1 Å². The first-order valence-electron chi connectivity index (χ1n) is 11.4. The van der Waals surface area contributed by atoms with E-state index in [1.54, 1.807) is 6.07 Å². The van der Waals surface area contributed by atoms with Crippen LogP contribution in [-0.2, 0) is 19.4 Å². The number of aryl methyl sites for hydroxylation is 1. The van der Waals surface area contributed by atoms with E-state index in [1.165, 1.54) is 11.3 Å². The summed E-state index contributed by atoms with van der Waals surface area (Å²) in [6, 6.07) is 23.8. The van der Waals surface area contributed by atoms with Crippen molar-refractivity contribution in [1.29, 1.82) is 0 Å². The number of rotatable bonds is 7. The monoisotopic (exact) mass is 454 g/mol. The molecule has 5 aromatic rings. The van der Waals surface area contributed by atoms with Crippen LogP contribution in [-0.4, -0.2) is 14.7 Å². The van der Waals surface area contributed by atoms with Crippen LogP contribution >= 0.6 is 11.3 Å². The third-order valence-electron chi connectivity index (χ3n) is 6.08. The van der Waals surface area contributed by atoms with E-state index < -0.39 is 0 Å². The molecule has 0 saturated carbocycles. The Morgan fingerprint density at radius 3 is 2.30 bits per heavy atom. The van der Waals surface area contributed by atoms with Crippen LogP contribution in [0.3, 0.4) is 0 Å². The highest BCUT2D eigenvalue weighted by molar-refractivity contribution is 7.25. The van der Waals surface area contributed by atoms with Gasteiger partial charge in [-0.3, -0.25) is 9.36 Å². The third-order valence-corrected chi connectivity index (χ3v) is 7.18. The molecular weight excluding hydrogens is 428 g/mol. The fraction of sp³-hybridized carbons (Fsp3) is 0.214. The van der Waals surface area contributed by atoms with Crippen molar-refractivity contribution in [1.82, 2.24) is 9.55 Å². The number of thiophene rings is 1. The van der Waals surface area contributed by atoms with Gasteiger partial charge in [0.05, 0.1) is 16.6 Å². The van der Waals surface area contributed by atoms with Gasteiger partial charge in [0.1, 0.15) is 16.4 Å². The molecule has 166 valence electrons. The number of unbranched alkanes of at least 4 members (excludes halogenated alkanes) is 1. The molecule has 5 rings (SSSR count). The summed E-state index contributed by atoms with van der Waals surface area (Å²) in [5, 5.41) is 12.1. The summed E-state index contributed by atoms with van der Waals surface area (Å²) in [6.07, 6.45) is 3.56. The Kier molecular flexibility index (Phi) is 5.97. The largest absolute Gasteiger partial charge is 0.506 e. The molecule has 0 fully saturated rings. The maximum absolute atomic E-state index is 14.0. The molecule has 0 unspecified atom stereocenters. The van der Waals surface area contributed by atoms with Gasteiger partial charge in [0.2, 0.25) is 0 Å². The van der Waals surface area contributed by atoms with Crippen molar-refractivity contribution in [3.63, 3.8) is 0 Å². The van der Waals surface area contributed by atoms with Crippen LogP contribution < -0.4 is 5.56 Å². The smallest absolute Gasteiger partial charge is 0.263 e. The van der Waals surface area contributed by atoms with Crippen molar-refractivity contribution in [3.05, 3.63) is 106 Å². The minimum absolute atomic E-state index is 0.0376. The minimum atomic E-state index is -0.0376. The zero-order chi connectivity index (χ0) is 22.8. The minimum Gasteiger partial charge on any atom is -0.506 e. The van der Waals surface area contributed by atoms with E-state index in [4.69, 9.17) is 4.98 Å². The zero-order valence-corrected chi connectivity index (χ0v) is 19.4. The first kappa shape index (κ1) is 21.4. The molecule has 0 bridgehead atoms. The number of phenolic OH excluding ortho intramolecular Hbond substituents is 1. The molecule has 33 heavy (non-hydrogen) atoms. The lowest BCUT2D eigenvalue weighted by Gasteiger charge is -2.13. The maximum atomic E-state index is 14.0. The van der Waals surface area contributed by atoms with Gasteiger partial charge in [-0.2, -0.15) is 0 Å². The SMILES string of the molecule is CCCCc1ccc(O)c2sc3nc(Cc4ccccc4)n(Cc4ccccc4)c(=O)c3c12. The van der Waals surface area contributed by atoms with Crippen LogP contribution in [0.5, 0.6) is 5.75 Å². The first-order chi connectivity index (χ1) is 16.2. The maximum Gasteiger partial charge on any atom is 0.263 e. The first-order valence-corrected chi connectivity index (χ1v) is 12.2. The second-order valence-corrected chi connectivity index (χ2v) is 9.40. The van der Waals surface area contributed by atoms with Gasteiger partial charge in [-0.05, 0) is 35.6 Å². The number of nitrogens with zero attached hydrogens (tertiary/aromatic N) is 2. The summed E-state index contributed by atoms with van der Waals surface area (Å²) in [7, 11) is 0. The van der Waals surface area contributed by atoms with Gasteiger partial charge in [0.25, 0.3) is 5.56 Å². The Balaban J connectivity index is 1.77. The van der Waals surface area contributed by atoms with Gasteiger partial charge in [0, 0.05) is 11.8 Å². The molecular formula is C28H26N2O2S. The Morgan fingerprint density at radius 2 is 1.61 bits per heavy atom. The molecule has 0 aliphatic rings. The number of hydrogen-bond donors (Lipinski definition) is 1. The van der Waals surface area contributed by atoms with Crippen molar-refractivity contribution in [2.75, 3.05) is 0 Å². The molecule has 2 heterocycles. The predicted octanol–water partition coefficient (Wildman–Crippen LogP) is 6.30. The van der Waals surface area contributed by atoms with Crippen LogP contribution in [0.1, 0.15) is 42.3 Å². The molecule has 3 aromatic carbocycles. The standard InChI is InChI=1S/C28H26N2O2S/c1-2-3-14-21-15-16-22(31)26-24(21)25-27(33-26)29-23(17-19-10-6-4-7-11-19)30(28(25)32)18-20-12-8-5-9-13-20/h4-13,15-16,31H,2-3,14,17-18H2,1H3. The highest BCUT2D eigenvalue weighted by Crippen LogP contribution is 2.39. The quantitative estimate of drug-likeness (QED) is 0.314. The Hall–Kier alpha value is -3.44. The fourth-order valence-electron chi connectivity index (χ4n) is 4.37. The van der Waals surface area contributed by atoms with Gasteiger partial charge in [-0.25, -0.2) is 4.98 Å². The molecule has 1 N–H and O–H groups in total. The van der Waals surface area contributed by atoms with E-state index in [0.717, 1.165) is 51.9 Å². The number of fused-ring (bicyclic) bond motifs is 3. The van der Waals surface area contributed by atoms with E-state index >= 15 is 0 Å². The van der Waals surface area contributed by atoms with Crippen molar-refractivity contribution in [2.24, 2.45) is 0 Å². The molecule has 2 aromatic heterocycles. The summed E-state index contributed by atoms with van der Waals surface area (Å²) in [6.45, 7) is 2.62. The lowest BCUT2D eigenvalue weighted by molar-refractivity contribution is 0.482. The van der Waals surface area contributed by atoms with Gasteiger partial charge in [-0.1, -0.05) is 80.1 Å². The highest BCUT2D eigenvalue weighted by atomic mass is 32.1. The normalized spacial score (nSPS) is 11.4. The topological polar surface area (TPSA) is 55.1 Å². The predicted molar refractivity (Wildman–Crippen MR) is 136 cm³/mol. The third kappa shape index (κ3) is 4.16. The number of aromatic hydroxyl groups is 1. The number of aromatic nitrogens is 2. The number of phenols is 1. The summed E-state index contributed by atoms with van der Waals surface area (Å²) in [5.41, 5.74) is 3.24. The molecule has 0 radical (unpaired) electrons. The Labute approximate surface area is 196 Å². The summed E-state index contributed by atoms with van der Waals surface area (Å²) >= 11 is 1.42. The lowest BCUT2D eigenvalue weighted by atomic mass is 10.0. The molecule has 0 saturated heterocycles. The van der Waals surface area contributed by atoms with Gasteiger partial charge >= 0.3 is 0 Å². The van der Waals surface area contributed by atoms with Gasteiger partial charge < -0.3 is 5.11 Å². The van der Waals surface area contributed by atoms with Crippen LogP contribution in [0.4, 0.5) is 0 Å². The van der Waals surface area contributed by atoms with E-state index in [1.807, 2.05) is 59.2 Å². The van der Waals surface area contributed by atoms with Crippen molar-refractivity contribution < 1.29 is 5.11 Å². The van der Waals surface area contributed by atoms with Crippen molar-refractivity contribution in [2.45, 2.75) is 39.2 Å². The van der Waals surface area contributed by atoms with E-state index in [0.29, 0.717) is 23.2 Å². The van der Waals surface area contributed by atoms with Crippen LogP contribution in [0.25, 0.3) is 20.3 Å². The Bertz CT molecular complexity index is 1470. The van der Waals surface area contributed by atoms with Crippen LogP contribution in [0.2, 0.25) is 0 Å². The second-order valence-electron chi connectivity index (χ2n) is 8.40. The van der Waals surface area contributed by atoms with Gasteiger partial charge in [-0.15, -0.1) is 11.3 Å². The van der Waals surface area contributed by atoms with Crippen LogP contribution in [0.15, 0.2) is 77.6 Å². The number of hydrogen-bond acceptors (Lipinski definition) is 4. The summed E-state index contributed by atoms with van der Waals surface area (Å²) in [5.74, 6) is 0.954. The van der Waals surface area contributed by atoms with Crippen molar-refractivity contribution in [3.8, 4) is 5.75 Å². The summed E-state index contributed by atoms with van der Waals surface area (Å²) < 4.78 is 2.57. The fourth-order valence-corrected chi connectivity index (χ4v) is 5.51. The zero-order valence-electron chi connectivity index (χ0n) is 18.6. The molecule has 4 nitrogen and oxygen atoms in total. The second kappa shape index (κ2) is 9.20. The molecule has 0 aliphatic heterocycles. The molecule has 0 spiro atoms. The molecule has 5 heteroatoms. The lowest BCUT2D eigenvalue weighted by Crippen LogP contribution is -2.26. The summed E-state index contributed by atoms with van der Waals surface area (Å²) in [4.78, 5) is 19.7. The van der Waals surface area contributed by atoms with E-state index in [-0.39, 0.29) is 11.3 Å². The van der Waals surface area contributed by atoms with Crippen molar-refractivity contribution >= 4 is 31.6 Å². The molecule has 0 amide bonds. The Morgan fingerprint density at radius 1 is 0.909 bits per heavy atom. The average Bonchev–Trinajstić information content (AvgIpc) is 3.23. The van der Waals surface area contributed by atoms with E-state index in [9.17, 15) is 9.90 Å².